The molecule has 19 heteroatoms. The Morgan fingerprint density at radius 3 is 1.05 bits per heavy atom. The van der Waals surface area contributed by atoms with Crippen LogP contribution < -0.4 is 0 Å². The molecule has 0 radical (unpaired) electrons. The molecule has 0 aromatic carbocycles. The van der Waals surface area contributed by atoms with Gasteiger partial charge in [0.2, 0.25) is 0 Å². The molecule has 0 spiro atoms. The topological polar surface area (TPSA) is 237 Å². The molecule has 360 valence electrons. The highest BCUT2D eigenvalue weighted by atomic mass is 31.2. The zero-order valence-corrected chi connectivity index (χ0v) is 39.4. The molecule has 0 amide bonds. The number of carbonyl (C=O) groups is 4. The lowest BCUT2D eigenvalue weighted by molar-refractivity contribution is -0.161. The van der Waals surface area contributed by atoms with Crippen LogP contribution in [0.3, 0.4) is 0 Å². The van der Waals surface area contributed by atoms with Gasteiger partial charge in [0.1, 0.15) is 19.3 Å². The summed E-state index contributed by atoms with van der Waals surface area (Å²) in [6.45, 7) is 4.13. The van der Waals surface area contributed by atoms with Crippen LogP contribution in [0.5, 0.6) is 0 Å². The molecule has 0 rings (SSSR count). The number of carbonyl (C=O) groups excluding carboxylic acids is 4. The van der Waals surface area contributed by atoms with Gasteiger partial charge in [-0.15, -0.1) is 0 Å². The molecule has 0 saturated carbocycles. The van der Waals surface area contributed by atoms with Crippen molar-refractivity contribution in [3.8, 4) is 0 Å². The van der Waals surface area contributed by atoms with Crippen molar-refractivity contribution < 1.29 is 80.2 Å². The quantitative estimate of drug-likeness (QED) is 0.0223. The molecule has 0 aliphatic rings. The van der Waals surface area contributed by atoms with Crippen LogP contribution in [0.2, 0.25) is 0 Å². The van der Waals surface area contributed by atoms with E-state index in [1.165, 1.54) is 32.1 Å². The Morgan fingerprint density at radius 2 is 0.689 bits per heavy atom. The third-order valence-corrected chi connectivity index (χ3v) is 11.2. The molecule has 3 N–H and O–H groups in total. The monoisotopic (exact) mass is 918 g/mol. The van der Waals surface area contributed by atoms with Gasteiger partial charge in [0.15, 0.2) is 12.2 Å². The van der Waals surface area contributed by atoms with Crippen molar-refractivity contribution in [3.05, 3.63) is 0 Å². The molecule has 0 fully saturated rings. The van der Waals surface area contributed by atoms with Gasteiger partial charge in [0.05, 0.1) is 26.4 Å². The van der Waals surface area contributed by atoms with Gasteiger partial charge >= 0.3 is 39.5 Å². The van der Waals surface area contributed by atoms with E-state index in [0.29, 0.717) is 25.7 Å². The van der Waals surface area contributed by atoms with Crippen LogP contribution in [0.25, 0.3) is 0 Å². The molecule has 0 aromatic rings. The standard InChI is InChI=1S/C42H80O17P2/c1-5-9-12-15-17-18-20-22-25-29-42(47)59-38(33-53-40(45)27-24-21-19-16-13-10-6-2)35-57-61(50,51)55-31-36(43)30-54-60(48,49)56-34-37(32-52-39(44)26-8-4)58-41(46)28-23-14-11-7-3/h36-38,43H,5-35H2,1-4H3,(H,48,49)(H,50,51)/t36-,37+,38+/m0/s1. The highest BCUT2D eigenvalue weighted by Gasteiger charge is 2.30. The molecule has 0 saturated heterocycles. The lowest BCUT2D eigenvalue weighted by Gasteiger charge is -2.21. The van der Waals surface area contributed by atoms with Crippen molar-refractivity contribution in [1.82, 2.24) is 0 Å². The number of rotatable bonds is 43. The largest absolute Gasteiger partial charge is 0.472 e. The van der Waals surface area contributed by atoms with E-state index in [4.69, 9.17) is 37.0 Å². The fourth-order valence-corrected chi connectivity index (χ4v) is 7.36. The van der Waals surface area contributed by atoms with Crippen LogP contribution in [0.15, 0.2) is 0 Å². The number of aliphatic hydroxyl groups is 1. The zero-order chi connectivity index (χ0) is 45.6. The summed E-state index contributed by atoms with van der Waals surface area (Å²) >= 11 is 0. The molecule has 61 heavy (non-hydrogen) atoms. The average Bonchev–Trinajstić information content (AvgIpc) is 3.22. The first-order chi connectivity index (χ1) is 29.2. The third kappa shape index (κ3) is 38.3. The number of aliphatic hydroxyl groups excluding tert-OH is 1. The minimum atomic E-state index is -4.91. The second-order valence-electron chi connectivity index (χ2n) is 15.4. The van der Waals surface area contributed by atoms with Crippen LogP contribution in [-0.4, -0.2) is 96.7 Å². The maximum atomic E-state index is 12.7. The van der Waals surface area contributed by atoms with E-state index >= 15 is 0 Å². The summed E-state index contributed by atoms with van der Waals surface area (Å²) in [6, 6.07) is 0. The zero-order valence-electron chi connectivity index (χ0n) is 37.6. The van der Waals surface area contributed by atoms with Crippen LogP contribution >= 0.6 is 15.6 Å². The summed E-state index contributed by atoms with van der Waals surface area (Å²) in [5.41, 5.74) is 0. The van der Waals surface area contributed by atoms with Crippen LogP contribution in [0.4, 0.5) is 0 Å². The number of hydrogen-bond donors (Lipinski definition) is 3. The summed E-state index contributed by atoms with van der Waals surface area (Å²) in [6.07, 6.45) is 16.7. The van der Waals surface area contributed by atoms with E-state index in [1.807, 2.05) is 6.92 Å². The minimum Gasteiger partial charge on any atom is -0.462 e. The molecular weight excluding hydrogens is 838 g/mol. The fourth-order valence-electron chi connectivity index (χ4n) is 5.78. The molecule has 17 nitrogen and oxygen atoms in total. The number of phosphoric ester groups is 2. The normalized spacial score (nSPS) is 14.9. The summed E-state index contributed by atoms with van der Waals surface area (Å²) in [7, 11) is -9.80. The van der Waals surface area contributed by atoms with Crippen molar-refractivity contribution in [2.45, 2.75) is 207 Å². The number of ether oxygens (including phenoxy) is 4. The summed E-state index contributed by atoms with van der Waals surface area (Å²) < 4.78 is 65.9. The van der Waals surface area contributed by atoms with Crippen molar-refractivity contribution in [1.29, 1.82) is 0 Å². The molecule has 0 aliphatic carbocycles. The Morgan fingerprint density at radius 1 is 0.393 bits per heavy atom. The Labute approximate surface area is 365 Å². The lowest BCUT2D eigenvalue weighted by Crippen LogP contribution is -2.30. The summed E-state index contributed by atoms with van der Waals surface area (Å²) in [5.74, 6) is -2.25. The number of unbranched alkanes of at least 4 members (excludes halogenated alkanes) is 17. The highest BCUT2D eigenvalue weighted by Crippen LogP contribution is 2.45. The molecule has 0 bridgehead atoms. The third-order valence-electron chi connectivity index (χ3n) is 9.32. The summed E-state index contributed by atoms with van der Waals surface area (Å²) in [5, 5.41) is 10.3. The van der Waals surface area contributed by atoms with E-state index in [0.717, 1.165) is 77.0 Å². The second kappa shape index (κ2) is 38.5. The number of hydrogen-bond acceptors (Lipinski definition) is 15. The van der Waals surface area contributed by atoms with Crippen molar-refractivity contribution in [2.75, 3.05) is 39.6 Å². The minimum absolute atomic E-state index is 0.0926. The van der Waals surface area contributed by atoms with Crippen molar-refractivity contribution in [2.24, 2.45) is 0 Å². The highest BCUT2D eigenvalue weighted by molar-refractivity contribution is 7.47. The van der Waals surface area contributed by atoms with Gasteiger partial charge in [-0.2, -0.15) is 0 Å². The molecule has 0 aliphatic heterocycles. The van der Waals surface area contributed by atoms with Crippen molar-refractivity contribution >= 4 is 39.5 Å². The first kappa shape index (κ1) is 59.1. The number of phosphoric acid groups is 2. The van der Waals surface area contributed by atoms with Gasteiger partial charge in [0.25, 0.3) is 0 Å². The molecule has 5 atom stereocenters. The van der Waals surface area contributed by atoms with E-state index in [9.17, 15) is 43.2 Å². The first-order valence-corrected chi connectivity index (χ1v) is 25.8. The van der Waals surface area contributed by atoms with Crippen molar-refractivity contribution in [3.63, 3.8) is 0 Å². The van der Waals surface area contributed by atoms with E-state index in [-0.39, 0.29) is 25.7 Å². The predicted octanol–water partition coefficient (Wildman–Crippen LogP) is 9.36. The second-order valence-corrected chi connectivity index (χ2v) is 18.3. The SMILES string of the molecule is CCCCCCCCCCCC(=O)O[C@H](COC(=O)CCCCCCCCC)COP(=O)(O)OC[C@@H](O)COP(=O)(O)OC[C@@H](COC(=O)CCC)OC(=O)CCCCCC. The predicted molar refractivity (Wildman–Crippen MR) is 229 cm³/mol. The van der Waals surface area contributed by atoms with Gasteiger partial charge in [-0.3, -0.25) is 37.3 Å². The first-order valence-electron chi connectivity index (χ1n) is 22.8. The van der Waals surface area contributed by atoms with E-state index in [2.05, 4.69) is 13.8 Å². The maximum absolute atomic E-state index is 12.7. The summed E-state index contributed by atoms with van der Waals surface area (Å²) in [4.78, 5) is 69.7. The molecular formula is C42H80O17P2. The van der Waals surface area contributed by atoms with Gasteiger partial charge in [-0.25, -0.2) is 9.13 Å². The van der Waals surface area contributed by atoms with Crippen LogP contribution in [0, 0.1) is 0 Å². The van der Waals surface area contributed by atoms with Gasteiger partial charge in [-0.05, 0) is 25.7 Å². The lowest BCUT2D eigenvalue weighted by atomic mass is 10.1. The molecule has 0 aromatic heterocycles. The van der Waals surface area contributed by atoms with Crippen LogP contribution in [0.1, 0.15) is 188 Å². The van der Waals surface area contributed by atoms with E-state index in [1.54, 1.807) is 6.92 Å². The van der Waals surface area contributed by atoms with Gasteiger partial charge in [0, 0.05) is 25.7 Å². The smallest absolute Gasteiger partial charge is 0.462 e. The number of esters is 4. The molecule has 2 unspecified atom stereocenters. The fraction of sp³-hybridized carbons (Fsp3) is 0.905. The Kier molecular flexibility index (Phi) is 37.3. The van der Waals surface area contributed by atoms with Gasteiger partial charge < -0.3 is 33.8 Å². The van der Waals surface area contributed by atoms with E-state index < -0.39 is 97.5 Å². The Bertz CT molecular complexity index is 1240. The molecule has 0 heterocycles. The van der Waals surface area contributed by atoms with Crippen LogP contribution in [-0.2, 0) is 65.4 Å². The van der Waals surface area contributed by atoms with Gasteiger partial charge in [-0.1, -0.05) is 137 Å². The Hall–Kier alpha value is -1.94. The maximum Gasteiger partial charge on any atom is 0.472 e. The Balaban J connectivity index is 5.06. The average molecular weight is 919 g/mol.